The first-order valence-electron chi connectivity index (χ1n) is 5.82. The van der Waals surface area contributed by atoms with Crippen LogP contribution in [0, 0.1) is 18.3 Å². The van der Waals surface area contributed by atoms with Crippen LogP contribution >= 0.6 is 0 Å². The standard InChI is InChI=1S/C14H14N4O/c1-10-3-4-13(19-2)11(5-10)8-16-14-6-12(7-15)17-9-18-14/h3-6,9H,8H2,1-2H3,(H,16,17,18). The summed E-state index contributed by atoms with van der Waals surface area (Å²) in [5, 5.41) is 11.9. The highest BCUT2D eigenvalue weighted by atomic mass is 16.5. The molecule has 0 unspecified atom stereocenters. The van der Waals surface area contributed by atoms with Crippen molar-refractivity contribution in [1.29, 1.82) is 5.26 Å². The van der Waals surface area contributed by atoms with Gasteiger partial charge in [-0.05, 0) is 13.0 Å². The van der Waals surface area contributed by atoms with Gasteiger partial charge in [-0.3, -0.25) is 0 Å². The molecule has 5 nitrogen and oxygen atoms in total. The fourth-order valence-electron chi connectivity index (χ4n) is 1.75. The summed E-state index contributed by atoms with van der Waals surface area (Å²) in [6, 6.07) is 9.59. The monoisotopic (exact) mass is 254 g/mol. The van der Waals surface area contributed by atoms with Gasteiger partial charge in [0.1, 0.15) is 29.7 Å². The van der Waals surface area contributed by atoms with Crippen molar-refractivity contribution in [1.82, 2.24) is 9.97 Å². The summed E-state index contributed by atoms with van der Waals surface area (Å²) in [5.41, 5.74) is 2.55. The zero-order valence-corrected chi connectivity index (χ0v) is 10.8. The highest BCUT2D eigenvalue weighted by Gasteiger charge is 2.04. The molecule has 0 amide bonds. The minimum absolute atomic E-state index is 0.341. The molecular formula is C14H14N4O. The second-order valence-electron chi connectivity index (χ2n) is 4.07. The summed E-state index contributed by atoms with van der Waals surface area (Å²) in [7, 11) is 1.65. The summed E-state index contributed by atoms with van der Waals surface area (Å²) >= 11 is 0. The Kier molecular flexibility index (Phi) is 3.94. The lowest BCUT2D eigenvalue weighted by molar-refractivity contribution is 0.410. The van der Waals surface area contributed by atoms with E-state index in [1.54, 1.807) is 13.2 Å². The van der Waals surface area contributed by atoms with Gasteiger partial charge in [-0.2, -0.15) is 5.26 Å². The average Bonchev–Trinajstić information content (AvgIpc) is 2.45. The lowest BCUT2D eigenvalue weighted by atomic mass is 10.1. The van der Waals surface area contributed by atoms with Crippen LogP contribution < -0.4 is 10.1 Å². The van der Waals surface area contributed by atoms with E-state index < -0.39 is 0 Å². The van der Waals surface area contributed by atoms with Crippen LogP contribution in [0.15, 0.2) is 30.6 Å². The van der Waals surface area contributed by atoms with E-state index in [-0.39, 0.29) is 0 Å². The molecule has 1 aromatic carbocycles. The third-order valence-electron chi connectivity index (χ3n) is 2.68. The molecule has 1 N–H and O–H groups in total. The third-order valence-corrected chi connectivity index (χ3v) is 2.68. The zero-order valence-electron chi connectivity index (χ0n) is 10.8. The van der Waals surface area contributed by atoms with E-state index in [2.05, 4.69) is 21.4 Å². The number of aryl methyl sites for hydroxylation is 1. The van der Waals surface area contributed by atoms with Crippen LogP contribution in [0.4, 0.5) is 5.82 Å². The highest BCUT2D eigenvalue weighted by molar-refractivity contribution is 5.43. The molecule has 0 spiro atoms. The van der Waals surface area contributed by atoms with Crippen LogP contribution in [0.25, 0.3) is 0 Å². The van der Waals surface area contributed by atoms with E-state index in [1.165, 1.54) is 6.33 Å². The number of benzene rings is 1. The Morgan fingerprint density at radius 2 is 2.16 bits per heavy atom. The van der Waals surface area contributed by atoms with E-state index in [0.717, 1.165) is 16.9 Å². The van der Waals surface area contributed by atoms with Gasteiger partial charge in [0.05, 0.1) is 7.11 Å². The Bertz CT molecular complexity index is 619. The molecule has 2 aromatic rings. The Labute approximate surface area is 111 Å². The smallest absolute Gasteiger partial charge is 0.145 e. The SMILES string of the molecule is COc1ccc(C)cc1CNc1cc(C#N)ncn1. The van der Waals surface area contributed by atoms with Crippen molar-refractivity contribution < 1.29 is 4.74 Å². The van der Waals surface area contributed by atoms with Gasteiger partial charge >= 0.3 is 0 Å². The van der Waals surface area contributed by atoms with Crippen LogP contribution in [0.5, 0.6) is 5.75 Å². The van der Waals surface area contributed by atoms with Crippen molar-refractivity contribution in [2.45, 2.75) is 13.5 Å². The first-order chi connectivity index (χ1) is 9.22. The summed E-state index contributed by atoms with van der Waals surface area (Å²) in [5.74, 6) is 1.45. The Hall–Kier alpha value is -2.61. The van der Waals surface area contributed by atoms with E-state index in [4.69, 9.17) is 10.00 Å². The molecule has 0 bridgehead atoms. The molecule has 0 aliphatic heterocycles. The minimum atomic E-state index is 0.341. The normalized spacial score (nSPS) is 9.74. The van der Waals surface area contributed by atoms with E-state index in [0.29, 0.717) is 18.1 Å². The molecule has 0 atom stereocenters. The van der Waals surface area contributed by atoms with Crippen LogP contribution in [0.2, 0.25) is 0 Å². The Morgan fingerprint density at radius 1 is 1.32 bits per heavy atom. The third kappa shape index (κ3) is 3.19. The van der Waals surface area contributed by atoms with Crippen molar-refractivity contribution in [2.75, 3.05) is 12.4 Å². The molecule has 2 rings (SSSR count). The average molecular weight is 254 g/mol. The van der Waals surface area contributed by atoms with E-state index >= 15 is 0 Å². The van der Waals surface area contributed by atoms with Gasteiger partial charge in [-0.15, -0.1) is 0 Å². The summed E-state index contributed by atoms with van der Waals surface area (Å²) in [6.07, 6.45) is 1.37. The maximum Gasteiger partial charge on any atom is 0.145 e. The predicted molar refractivity (Wildman–Crippen MR) is 71.8 cm³/mol. The van der Waals surface area contributed by atoms with Gasteiger partial charge in [0.15, 0.2) is 0 Å². The number of nitrogens with one attached hydrogen (secondary N) is 1. The van der Waals surface area contributed by atoms with Crippen molar-refractivity contribution in [3.63, 3.8) is 0 Å². The maximum atomic E-state index is 8.78. The molecule has 0 aliphatic rings. The zero-order chi connectivity index (χ0) is 13.7. The van der Waals surface area contributed by atoms with Gasteiger partial charge in [0.2, 0.25) is 0 Å². The van der Waals surface area contributed by atoms with Crippen LogP contribution in [0.1, 0.15) is 16.8 Å². The topological polar surface area (TPSA) is 70.8 Å². The summed E-state index contributed by atoms with van der Waals surface area (Å²) in [6.45, 7) is 2.61. The van der Waals surface area contributed by atoms with Crippen molar-refractivity contribution in [3.05, 3.63) is 47.4 Å². The van der Waals surface area contributed by atoms with Crippen molar-refractivity contribution >= 4 is 5.82 Å². The van der Waals surface area contributed by atoms with Crippen LogP contribution in [-0.4, -0.2) is 17.1 Å². The number of anilines is 1. The number of ether oxygens (including phenoxy) is 1. The lowest BCUT2D eigenvalue weighted by Crippen LogP contribution is -2.04. The van der Waals surface area contributed by atoms with E-state index in [1.807, 2.05) is 25.1 Å². The number of aromatic nitrogens is 2. The van der Waals surface area contributed by atoms with Gasteiger partial charge in [0, 0.05) is 18.2 Å². The van der Waals surface area contributed by atoms with Crippen LogP contribution in [0.3, 0.4) is 0 Å². The molecule has 0 aliphatic carbocycles. The molecule has 96 valence electrons. The molecule has 19 heavy (non-hydrogen) atoms. The summed E-state index contributed by atoms with van der Waals surface area (Å²) in [4.78, 5) is 7.89. The quantitative estimate of drug-likeness (QED) is 0.906. The molecule has 0 saturated carbocycles. The summed E-state index contributed by atoms with van der Waals surface area (Å²) < 4.78 is 5.31. The molecule has 0 fully saturated rings. The fourth-order valence-corrected chi connectivity index (χ4v) is 1.75. The number of rotatable bonds is 4. The first-order valence-corrected chi connectivity index (χ1v) is 5.82. The second-order valence-corrected chi connectivity index (χ2v) is 4.07. The van der Waals surface area contributed by atoms with Gasteiger partial charge in [0.25, 0.3) is 0 Å². The number of hydrogen-bond acceptors (Lipinski definition) is 5. The van der Waals surface area contributed by atoms with Crippen LogP contribution in [-0.2, 0) is 6.54 Å². The predicted octanol–water partition coefficient (Wildman–Crippen LogP) is 2.28. The highest BCUT2D eigenvalue weighted by Crippen LogP contribution is 2.20. The molecule has 1 aromatic heterocycles. The lowest BCUT2D eigenvalue weighted by Gasteiger charge is -2.10. The van der Waals surface area contributed by atoms with E-state index in [9.17, 15) is 0 Å². The number of methoxy groups -OCH3 is 1. The van der Waals surface area contributed by atoms with Gasteiger partial charge < -0.3 is 10.1 Å². The van der Waals surface area contributed by atoms with Gasteiger partial charge in [-0.1, -0.05) is 17.7 Å². The van der Waals surface area contributed by atoms with Gasteiger partial charge in [-0.25, -0.2) is 9.97 Å². The molecule has 5 heteroatoms. The number of nitriles is 1. The maximum absolute atomic E-state index is 8.78. The van der Waals surface area contributed by atoms with Crippen molar-refractivity contribution in [2.24, 2.45) is 0 Å². The molecule has 1 heterocycles. The minimum Gasteiger partial charge on any atom is -0.496 e. The molecular weight excluding hydrogens is 240 g/mol. The largest absolute Gasteiger partial charge is 0.496 e. The molecule has 0 saturated heterocycles. The van der Waals surface area contributed by atoms with Crippen molar-refractivity contribution in [3.8, 4) is 11.8 Å². The fraction of sp³-hybridized carbons (Fsp3) is 0.214. The number of nitrogens with zero attached hydrogens (tertiary/aromatic N) is 3. The Morgan fingerprint density at radius 3 is 2.89 bits per heavy atom. The number of hydrogen-bond donors (Lipinski definition) is 1. The Balaban J connectivity index is 2.14. The molecule has 0 radical (unpaired) electrons. The first kappa shape index (κ1) is 12.8. The second kappa shape index (κ2) is 5.83.